The first-order chi connectivity index (χ1) is 15.6. The third kappa shape index (κ3) is 6.89. The Labute approximate surface area is 192 Å². The van der Waals surface area contributed by atoms with Crippen LogP contribution in [0, 0.1) is 0 Å². The van der Waals surface area contributed by atoms with E-state index in [0.717, 1.165) is 16.3 Å². The predicted molar refractivity (Wildman–Crippen MR) is 129 cm³/mol. The van der Waals surface area contributed by atoms with E-state index in [9.17, 15) is 9.59 Å². The van der Waals surface area contributed by atoms with Crippen LogP contribution < -0.4 is 11.1 Å². The van der Waals surface area contributed by atoms with Gasteiger partial charge in [-0.1, -0.05) is 54.6 Å². The van der Waals surface area contributed by atoms with Crippen LogP contribution in [0.4, 0.5) is 0 Å². The Morgan fingerprint density at radius 1 is 1.06 bits per heavy atom. The van der Waals surface area contributed by atoms with Crippen LogP contribution in [0.3, 0.4) is 0 Å². The molecule has 7 heteroatoms. The summed E-state index contributed by atoms with van der Waals surface area (Å²) in [6.45, 7) is 0.450. The van der Waals surface area contributed by atoms with Gasteiger partial charge >= 0.3 is 0 Å². The number of benzene rings is 2. The maximum absolute atomic E-state index is 13.0. The van der Waals surface area contributed by atoms with Crippen molar-refractivity contribution in [2.45, 2.75) is 31.7 Å². The molecule has 0 aliphatic rings. The number of nitrogens with two attached hydrogens (primary N) is 1. The zero-order valence-electron chi connectivity index (χ0n) is 17.8. The molecule has 0 unspecified atom stereocenters. The van der Waals surface area contributed by atoms with Crippen molar-refractivity contribution in [1.29, 1.82) is 0 Å². The van der Waals surface area contributed by atoms with E-state index in [-0.39, 0.29) is 23.3 Å². The molecule has 0 bridgehead atoms. The number of nitrogens with one attached hydrogen (secondary N) is 1. The molecule has 1 heterocycles. The van der Waals surface area contributed by atoms with Crippen molar-refractivity contribution >= 4 is 39.9 Å². The van der Waals surface area contributed by atoms with Gasteiger partial charge in [-0.25, -0.2) is 0 Å². The van der Waals surface area contributed by atoms with Gasteiger partial charge in [-0.3, -0.25) is 19.6 Å². The predicted octanol–water partition coefficient (Wildman–Crippen LogP) is 3.91. The Kier molecular flexibility index (Phi) is 8.75. The summed E-state index contributed by atoms with van der Waals surface area (Å²) in [5.74, 6) is 0.155. The molecule has 166 valence electrons. The minimum Gasteiger partial charge on any atom is -0.386 e. The van der Waals surface area contributed by atoms with Crippen LogP contribution in [0.5, 0.6) is 0 Å². The van der Waals surface area contributed by atoms with Crippen LogP contribution in [0.15, 0.2) is 71.9 Å². The standard InChI is InChI=1S/C25H27ClN4O2/c26-16-24(27)28-14-6-11-21(23(31)13-12-18-7-2-1-3-8-18)30-25(32)22-15-19-9-4-5-10-20(19)17-29-22/h1-5,7-10,15,17,21H,6,11-14,16H2,(H2,27,28)(H,30,32)/t21-/m0/s1. The van der Waals surface area contributed by atoms with Gasteiger partial charge in [0.05, 0.1) is 11.9 Å². The molecule has 0 saturated carbocycles. The second-order valence-corrected chi connectivity index (χ2v) is 7.81. The van der Waals surface area contributed by atoms with Crippen LogP contribution in [-0.2, 0) is 11.2 Å². The molecule has 0 spiro atoms. The van der Waals surface area contributed by atoms with Gasteiger partial charge in [-0.05, 0) is 36.3 Å². The highest BCUT2D eigenvalue weighted by Crippen LogP contribution is 2.14. The number of rotatable bonds is 11. The van der Waals surface area contributed by atoms with E-state index in [2.05, 4.69) is 15.3 Å². The molecule has 0 aliphatic carbocycles. The van der Waals surface area contributed by atoms with Crippen LogP contribution in [0.25, 0.3) is 10.8 Å². The number of amidine groups is 1. The Morgan fingerprint density at radius 3 is 2.53 bits per heavy atom. The first-order valence-electron chi connectivity index (χ1n) is 10.6. The SMILES string of the molecule is NC(CCl)=NCCC[C@H](NC(=O)c1cc2ccccc2cn1)C(=O)CCc1ccccc1. The van der Waals surface area contributed by atoms with E-state index in [1.807, 2.05) is 54.6 Å². The maximum Gasteiger partial charge on any atom is 0.270 e. The summed E-state index contributed by atoms with van der Waals surface area (Å²) in [5, 5.41) is 4.75. The first kappa shape index (κ1) is 23.4. The topological polar surface area (TPSA) is 97.4 Å². The molecule has 0 radical (unpaired) electrons. The summed E-state index contributed by atoms with van der Waals surface area (Å²) < 4.78 is 0. The van der Waals surface area contributed by atoms with Crippen molar-refractivity contribution < 1.29 is 9.59 Å². The summed E-state index contributed by atoms with van der Waals surface area (Å²) >= 11 is 5.65. The molecule has 0 fully saturated rings. The lowest BCUT2D eigenvalue weighted by Gasteiger charge is -2.17. The Bertz CT molecular complexity index is 1090. The van der Waals surface area contributed by atoms with Crippen LogP contribution >= 0.6 is 11.6 Å². The normalized spacial score (nSPS) is 12.5. The summed E-state index contributed by atoms with van der Waals surface area (Å²) in [7, 11) is 0. The number of Topliss-reactive ketones (excluding diaryl/α,β-unsaturated/α-hetero) is 1. The van der Waals surface area contributed by atoms with Gasteiger partial charge in [-0.15, -0.1) is 11.6 Å². The number of carbonyl (C=O) groups is 2. The van der Waals surface area contributed by atoms with E-state index in [1.165, 1.54) is 0 Å². The van der Waals surface area contributed by atoms with Crippen molar-refractivity contribution in [2.24, 2.45) is 10.7 Å². The molecule has 1 atom stereocenters. The number of aliphatic imine (C=N–C) groups is 1. The second-order valence-electron chi connectivity index (χ2n) is 7.54. The van der Waals surface area contributed by atoms with E-state index in [1.54, 1.807) is 12.3 Å². The highest BCUT2D eigenvalue weighted by molar-refractivity contribution is 6.27. The molecule has 2 aromatic carbocycles. The van der Waals surface area contributed by atoms with Gasteiger partial charge < -0.3 is 11.1 Å². The number of pyridine rings is 1. The van der Waals surface area contributed by atoms with Crippen molar-refractivity contribution in [3.63, 3.8) is 0 Å². The number of alkyl halides is 1. The third-order valence-electron chi connectivity index (χ3n) is 5.16. The van der Waals surface area contributed by atoms with Crippen LogP contribution in [0.1, 0.15) is 35.3 Å². The van der Waals surface area contributed by atoms with Gasteiger partial charge in [0.2, 0.25) is 0 Å². The fraction of sp³-hybridized carbons (Fsp3) is 0.280. The molecule has 3 N–H and O–H groups in total. The summed E-state index contributed by atoms with van der Waals surface area (Å²) in [6.07, 6.45) is 3.70. The summed E-state index contributed by atoms with van der Waals surface area (Å²) in [4.78, 5) is 34.3. The van der Waals surface area contributed by atoms with Crippen LogP contribution in [0.2, 0.25) is 0 Å². The lowest BCUT2D eigenvalue weighted by Crippen LogP contribution is -2.41. The smallest absolute Gasteiger partial charge is 0.270 e. The number of hydrogen-bond donors (Lipinski definition) is 2. The van der Waals surface area contributed by atoms with Crippen molar-refractivity contribution in [3.05, 3.63) is 78.1 Å². The lowest BCUT2D eigenvalue weighted by molar-refractivity contribution is -0.121. The molecular formula is C25H27ClN4O2. The highest BCUT2D eigenvalue weighted by atomic mass is 35.5. The van der Waals surface area contributed by atoms with Gasteiger partial charge in [0.25, 0.3) is 5.91 Å². The largest absolute Gasteiger partial charge is 0.386 e. The molecule has 3 rings (SSSR count). The Hall–Kier alpha value is -3.25. The van der Waals surface area contributed by atoms with E-state index in [0.29, 0.717) is 38.1 Å². The lowest BCUT2D eigenvalue weighted by atomic mass is 9.99. The van der Waals surface area contributed by atoms with Gasteiger partial charge in [0.15, 0.2) is 5.78 Å². The Balaban J connectivity index is 1.67. The summed E-state index contributed by atoms with van der Waals surface area (Å²) in [5.41, 5.74) is 7.01. The number of ketones is 1. The van der Waals surface area contributed by atoms with E-state index < -0.39 is 6.04 Å². The first-order valence-corrected chi connectivity index (χ1v) is 11.2. The summed E-state index contributed by atoms with van der Waals surface area (Å²) in [6, 6.07) is 18.6. The number of fused-ring (bicyclic) bond motifs is 1. The number of nitrogens with zero attached hydrogens (tertiary/aromatic N) is 2. The van der Waals surface area contributed by atoms with E-state index >= 15 is 0 Å². The molecule has 0 saturated heterocycles. The molecule has 0 aliphatic heterocycles. The number of carbonyl (C=O) groups excluding carboxylic acids is 2. The average Bonchev–Trinajstić information content (AvgIpc) is 2.84. The molecular weight excluding hydrogens is 424 g/mol. The minimum atomic E-state index is -0.619. The second kappa shape index (κ2) is 12.0. The zero-order chi connectivity index (χ0) is 22.8. The monoisotopic (exact) mass is 450 g/mol. The number of aryl methyl sites for hydroxylation is 1. The Morgan fingerprint density at radius 2 is 1.78 bits per heavy atom. The maximum atomic E-state index is 13.0. The highest BCUT2D eigenvalue weighted by Gasteiger charge is 2.21. The molecule has 6 nitrogen and oxygen atoms in total. The van der Waals surface area contributed by atoms with E-state index in [4.69, 9.17) is 17.3 Å². The van der Waals surface area contributed by atoms with Crippen molar-refractivity contribution in [3.8, 4) is 0 Å². The number of amides is 1. The number of aromatic nitrogens is 1. The zero-order valence-corrected chi connectivity index (χ0v) is 18.6. The van der Waals surface area contributed by atoms with Gasteiger partial charge in [0, 0.05) is 24.5 Å². The van der Waals surface area contributed by atoms with Crippen LogP contribution in [-0.4, -0.2) is 41.0 Å². The number of hydrogen-bond acceptors (Lipinski definition) is 4. The molecule has 1 aromatic heterocycles. The molecule has 1 amide bonds. The molecule has 3 aromatic rings. The number of halogens is 1. The van der Waals surface area contributed by atoms with Gasteiger partial charge in [0.1, 0.15) is 11.5 Å². The van der Waals surface area contributed by atoms with Crippen molar-refractivity contribution in [1.82, 2.24) is 10.3 Å². The minimum absolute atomic E-state index is 0.0164. The fourth-order valence-corrected chi connectivity index (χ4v) is 3.48. The third-order valence-corrected chi connectivity index (χ3v) is 5.44. The van der Waals surface area contributed by atoms with Crippen molar-refractivity contribution in [2.75, 3.05) is 12.4 Å². The molecule has 32 heavy (non-hydrogen) atoms. The van der Waals surface area contributed by atoms with Gasteiger partial charge in [-0.2, -0.15) is 0 Å². The average molecular weight is 451 g/mol. The fourth-order valence-electron chi connectivity index (χ4n) is 3.40. The quantitative estimate of drug-likeness (QED) is 0.200.